The fourth-order valence-electron chi connectivity index (χ4n) is 4.03. The molecule has 1 unspecified atom stereocenters. The highest BCUT2D eigenvalue weighted by atomic mass is 16.2. The zero-order valence-electron chi connectivity index (χ0n) is 19.1. The number of carbonyl (C=O) groups excluding carboxylic acids is 2. The summed E-state index contributed by atoms with van der Waals surface area (Å²) in [5.74, 6) is -0.0631. The van der Waals surface area contributed by atoms with E-state index in [4.69, 9.17) is 5.73 Å². The standard InChI is InChI=1S/C24H28N8O2/c1-3-16-8-5-6-10-20(16)29-23-19(22(25)34)13-26-24(30-23)28-17-12-27-32(14-17)18-9-7-11-31(15-18)21(33)4-2/h4-6,8,10,12-14,18H,2-3,7,9,11,15H2,1H3,(H2,25,34)(H2,26,28,29,30). The molecule has 1 aromatic carbocycles. The number of piperidine rings is 1. The average molecular weight is 461 g/mol. The third-order valence-electron chi connectivity index (χ3n) is 5.82. The Bertz CT molecular complexity index is 1210. The number of para-hydroxylation sites is 1. The summed E-state index contributed by atoms with van der Waals surface area (Å²) in [6.07, 6.45) is 8.93. The molecule has 0 spiro atoms. The molecule has 176 valence electrons. The molecule has 4 rings (SSSR count). The molecule has 0 radical (unpaired) electrons. The zero-order chi connectivity index (χ0) is 24.1. The van der Waals surface area contributed by atoms with Gasteiger partial charge in [0.25, 0.3) is 5.91 Å². The molecule has 10 heteroatoms. The van der Waals surface area contributed by atoms with E-state index in [1.807, 2.05) is 35.1 Å². The summed E-state index contributed by atoms with van der Waals surface area (Å²) in [6.45, 7) is 6.94. The second-order valence-electron chi connectivity index (χ2n) is 8.07. The molecule has 0 bridgehead atoms. The van der Waals surface area contributed by atoms with Gasteiger partial charge in [-0.1, -0.05) is 31.7 Å². The van der Waals surface area contributed by atoms with Gasteiger partial charge in [0, 0.05) is 31.2 Å². The van der Waals surface area contributed by atoms with Crippen LogP contribution in [0.5, 0.6) is 0 Å². The predicted octanol–water partition coefficient (Wildman–Crippen LogP) is 3.17. The number of rotatable bonds is 8. The van der Waals surface area contributed by atoms with Crippen molar-refractivity contribution in [3.8, 4) is 0 Å². The number of amides is 2. The Balaban J connectivity index is 1.53. The summed E-state index contributed by atoms with van der Waals surface area (Å²) in [4.78, 5) is 34.4. The third kappa shape index (κ3) is 5.06. The number of nitrogens with two attached hydrogens (primary N) is 1. The Labute approximate surface area is 197 Å². The Hall–Kier alpha value is -4.21. The fraction of sp³-hybridized carbons (Fsp3) is 0.292. The number of hydrogen-bond donors (Lipinski definition) is 3. The molecule has 0 saturated carbocycles. The molecule has 1 aliphatic rings. The smallest absolute Gasteiger partial charge is 0.254 e. The Morgan fingerprint density at radius 3 is 2.85 bits per heavy atom. The molecule has 1 aliphatic heterocycles. The number of nitrogens with zero attached hydrogens (tertiary/aromatic N) is 5. The van der Waals surface area contributed by atoms with Crippen molar-refractivity contribution in [2.45, 2.75) is 32.2 Å². The lowest BCUT2D eigenvalue weighted by atomic mass is 10.1. The molecule has 3 aromatic rings. The van der Waals surface area contributed by atoms with E-state index in [1.165, 1.54) is 12.3 Å². The van der Waals surface area contributed by atoms with Crippen molar-refractivity contribution >= 4 is 35.0 Å². The van der Waals surface area contributed by atoms with Crippen LogP contribution in [0.15, 0.2) is 55.5 Å². The SMILES string of the molecule is C=CC(=O)N1CCCC(n2cc(Nc3ncc(C(N)=O)c(Nc4ccccc4CC)n3)cn2)C1. The van der Waals surface area contributed by atoms with E-state index in [2.05, 4.69) is 39.2 Å². The van der Waals surface area contributed by atoms with Crippen molar-refractivity contribution in [2.24, 2.45) is 5.73 Å². The van der Waals surface area contributed by atoms with Crippen molar-refractivity contribution < 1.29 is 9.59 Å². The molecular weight excluding hydrogens is 432 g/mol. The normalized spacial score (nSPS) is 15.6. The summed E-state index contributed by atoms with van der Waals surface area (Å²) >= 11 is 0. The molecule has 3 heterocycles. The molecule has 2 aromatic heterocycles. The van der Waals surface area contributed by atoms with Gasteiger partial charge in [-0.05, 0) is 37.0 Å². The first-order chi connectivity index (χ1) is 16.5. The van der Waals surface area contributed by atoms with Crippen molar-refractivity contribution in [2.75, 3.05) is 23.7 Å². The van der Waals surface area contributed by atoms with Gasteiger partial charge in [-0.25, -0.2) is 4.98 Å². The lowest BCUT2D eigenvalue weighted by Gasteiger charge is -2.32. The lowest BCUT2D eigenvalue weighted by Crippen LogP contribution is -2.39. The number of aromatic nitrogens is 4. The molecule has 2 amide bonds. The number of benzene rings is 1. The van der Waals surface area contributed by atoms with Gasteiger partial charge < -0.3 is 21.3 Å². The van der Waals surface area contributed by atoms with Gasteiger partial charge in [0.2, 0.25) is 11.9 Å². The maximum atomic E-state index is 12.0. The van der Waals surface area contributed by atoms with Gasteiger partial charge >= 0.3 is 0 Å². The Morgan fingerprint density at radius 1 is 1.26 bits per heavy atom. The minimum absolute atomic E-state index is 0.0668. The quantitative estimate of drug-likeness (QED) is 0.440. The van der Waals surface area contributed by atoms with Crippen LogP contribution in [-0.4, -0.2) is 49.6 Å². The zero-order valence-corrected chi connectivity index (χ0v) is 19.1. The first-order valence-electron chi connectivity index (χ1n) is 11.2. The van der Waals surface area contributed by atoms with Gasteiger partial charge in [0.05, 0.1) is 17.9 Å². The molecule has 1 saturated heterocycles. The number of aryl methyl sites for hydroxylation is 1. The number of likely N-dealkylation sites (tertiary alicyclic amines) is 1. The summed E-state index contributed by atoms with van der Waals surface area (Å²) in [6, 6.07) is 7.88. The molecular formula is C24H28N8O2. The van der Waals surface area contributed by atoms with Crippen LogP contribution in [-0.2, 0) is 11.2 Å². The van der Waals surface area contributed by atoms with Crippen molar-refractivity contribution in [3.63, 3.8) is 0 Å². The van der Waals surface area contributed by atoms with Crippen LogP contribution >= 0.6 is 0 Å². The van der Waals surface area contributed by atoms with E-state index in [0.717, 1.165) is 37.1 Å². The maximum Gasteiger partial charge on any atom is 0.254 e. The van der Waals surface area contributed by atoms with Crippen LogP contribution in [0, 0.1) is 0 Å². The first-order valence-corrected chi connectivity index (χ1v) is 11.2. The predicted molar refractivity (Wildman–Crippen MR) is 130 cm³/mol. The van der Waals surface area contributed by atoms with Crippen molar-refractivity contribution in [3.05, 3.63) is 66.6 Å². The highest BCUT2D eigenvalue weighted by molar-refractivity contribution is 5.98. The van der Waals surface area contributed by atoms with E-state index in [0.29, 0.717) is 24.0 Å². The second kappa shape index (κ2) is 10.2. The second-order valence-corrected chi connectivity index (χ2v) is 8.07. The average Bonchev–Trinajstić information content (AvgIpc) is 3.32. The van der Waals surface area contributed by atoms with Crippen LogP contribution in [0.1, 0.15) is 41.7 Å². The molecule has 4 N–H and O–H groups in total. The minimum Gasteiger partial charge on any atom is -0.365 e. The number of hydrogen-bond acceptors (Lipinski definition) is 7. The van der Waals surface area contributed by atoms with Crippen molar-refractivity contribution in [1.29, 1.82) is 0 Å². The number of primary amides is 1. The van der Waals surface area contributed by atoms with Gasteiger partial charge in [-0.15, -0.1) is 0 Å². The van der Waals surface area contributed by atoms with Gasteiger partial charge in [-0.2, -0.15) is 10.1 Å². The first kappa shape index (κ1) is 23.0. The number of anilines is 4. The van der Waals surface area contributed by atoms with Crippen molar-refractivity contribution in [1.82, 2.24) is 24.6 Å². The van der Waals surface area contributed by atoms with Gasteiger partial charge in [0.1, 0.15) is 11.4 Å². The topological polar surface area (TPSA) is 131 Å². The van der Waals surface area contributed by atoms with Crippen LogP contribution in [0.3, 0.4) is 0 Å². The highest BCUT2D eigenvalue weighted by Crippen LogP contribution is 2.26. The third-order valence-corrected chi connectivity index (χ3v) is 5.82. The summed E-state index contributed by atoms with van der Waals surface area (Å²) in [5, 5.41) is 10.8. The van der Waals surface area contributed by atoms with Crippen LogP contribution in [0.25, 0.3) is 0 Å². The van der Waals surface area contributed by atoms with E-state index >= 15 is 0 Å². The highest BCUT2D eigenvalue weighted by Gasteiger charge is 2.24. The number of nitrogens with one attached hydrogen (secondary N) is 2. The van der Waals surface area contributed by atoms with Crippen LogP contribution < -0.4 is 16.4 Å². The number of carbonyl (C=O) groups is 2. The molecule has 10 nitrogen and oxygen atoms in total. The molecule has 0 aliphatic carbocycles. The van der Waals surface area contributed by atoms with E-state index in [9.17, 15) is 9.59 Å². The lowest BCUT2D eigenvalue weighted by molar-refractivity contribution is -0.127. The molecule has 34 heavy (non-hydrogen) atoms. The van der Waals surface area contributed by atoms with Gasteiger partial charge in [0.15, 0.2) is 0 Å². The largest absolute Gasteiger partial charge is 0.365 e. The Kier molecular flexibility index (Phi) is 6.86. The summed E-state index contributed by atoms with van der Waals surface area (Å²) < 4.78 is 1.85. The Morgan fingerprint density at radius 2 is 2.09 bits per heavy atom. The maximum absolute atomic E-state index is 12.0. The van der Waals surface area contributed by atoms with Crippen LogP contribution in [0.4, 0.5) is 23.1 Å². The van der Waals surface area contributed by atoms with Crippen LogP contribution in [0.2, 0.25) is 0 Å². The minimum atomic E-state index is -0.619. The van der Waals surface area contributed by atoms with Gasteiger partial charge in [-0.3, -0.25) is 14.3 Å². The monoisotopic (exact) mass is 460 g/mol. The van der Waals surface area contributed by atoms with E-state index in [-0.39, 0.29) is 17.5 Å². The van der Waals surface area contributed by atoms with E-state index in [1.54, 1.807) is 11.1 Å². The molecule has 1 atom stereocenters. The summed E-state index contributed by atoms with van der Waals surface area (Å²) in [7, 11) is 0. The molecule has 1 fully saturated rings. The fourth-order valence-corrected chi connectivity index (χ4v) is 4.03. The summed E-state index contributed by atoms with van der Waals surface area (Å²) in [5.41, 5.74) is 8.37. The van der Waals surface area contributed by atoms with E-state index < -0.39 is 5.91 Å².